The molecule has 0 bridgehead atoms. The van der Waals surface area contributed by atoms with Crippen LogP contribution in [0.5, 0.6) is 5.75 Å². The predicted molar refractivity (Wildman–Crippen MR) is 81.7 cm³/mol. The molecular weight excluding hydrogens is 270 g/mol. The summed E-state index contributed by atoms with van der Waals surface area (Å²) in [6.07, 6.45) is 1.91. The highest BCUT2D eigenvalue weighted by atomic mass is 16.3. The third kappa shape index (κ3) is 3.01. The normalized spacial score (nSPS) is 15.7. The second-order valence-electron chi connectivity index (χ2n) is 5.35. The fourth-order valence-electron chi connectivity index (χ4n) is 2.83. The number of amides is 1. The van der Waals surface area contributed by atoms with Crippen molar-refractivity contribution in [1.29, 1.82) is 0 Å². The van der Waals surface area contributed by atoms with Gasteiger partial charge < -0.3 is 26.2 Å². The maximum Gasteiger partial charge on any atom is 0.253 e. The molecule has 6 N–H and O–H groups in total. The first kappa shape index (κ1) is 15.3. The summed E-state index contributed by atoms with van der Waals surface area (Å²) in [5.74, 6) is 0.110. The maximum atomic E-state index is 12.5. The Labute approximate surface area is 122 Å². The molecular formula is C15H21N3O3. The van der Waals surface area contributed by atoms with Crippen LogP contribution in [-0.2, 0) is 0 Å². The summed E-state index contributed by atoms with van der Waals surface area (Å²) in [6.45, 7) is 3.77. The van der Waals surface area contributed by atoms with E-state index in [1.807, 2.05) is 6.92 Å². The summed E-state index contributed by atoms with van der Waals surface area (Å²) >= 11 is 0. The Morgan fingerprint density at radius 2 is 2.05 bits per heavy atom. The summed E-state index contributed by atoms with van der Waals surface area (Å²) < 4.78 is 0. The number of aryl methyl sites for hydroxylation is 1. The van der Waals surface area contributed by atoms with Gasteiger partial charge in [-0.25, -0.2) is 0 Å². The largest absolute Gasteiger partial charge is 0.508 e. The SMILES string of the molecule is Cc1[nH]c2ccc(O)cc2c1C(=O)NC1CCNCC1.O. The van der Waals surface area contributed by atoms with Crippen LogP contribution in [0.2, 0.25) is 0 Å². The molecule has 0 unspecified atom stereocenters. The Morgan fingerprint density at radius 1 is 1.33 bits per heavy atom. The number of aromatic nitrogens is 1. The Balaban J connectivity index is 0.00000161. The molecule has 1 aliphatic heterocycles. The van der Waals surface area contributed by atoms with Crippen molar-refractivity contribution in [3.8, 4) is 5.75 Å². The van der Waals surface area contributed by atoms with Gasteiger partial charge in [-0.05, 0) is 51.1 Å². The van der Waals surface area contributed by atoms with Crippen LogP contribution in [0, 0.1) is 6.92 Å². The molecule has 0 saturated carbocycles. The lowest BCUT2D eigenvalue weighted by Gasteiger charge is -2.23. The smallest absolute Gasteiger partial charge is 0.253 e. The number of benzene rings is 1. The van der Waals surface area contributed by atoms with E-state index in [1.165, 1.54) is 0 Å². The quantitative estimate of drug-likeness (QED) is 0.658. The summed E-state index contributed by atoms with van der Waals surface area (Å²) in [5, 5.41) is 16.8. The second-order valence-corrected chi connectivity index (χ2v) is 5.35. The van der Waals surface area contributed by atoms with Crippen molar-refractivity contribution in [2.24, 2.45) is 0 Å². The second kappa shape index (κ2) is 6.15. The minimum absolute atomic E-state index is 0. The number of piperidine rings is 1. The number of phenolic OH excluding ortho intramolecular Hbond substituents is 1. The van der Waals surface area contributed by atoms with Gasteiger partial charge in [0.25, 0.3) is 5.91 Å². The van der Waals surface area contributed by atoms with E-state index in [2.05, 4.69) is 15.6 Å². The van der Waals surface area contributed by atoms with Gasteiger partial charge in [0.1, 0.15) is 5.75 Å². The van der Waals surface area contributed by atoms with Crippen molar-refractivity contribution in [3.63, 3.8) is 0 Å². The first-order valence-corrected chi connectivity index (χ1v) is 6.98. The molecule has 1 aliphatic rings. The standard InChI is InChI=1S/C15H19N3O2.H2O/c1-9-14(12-8-11(19)2-3-13(12)17-9)15(20)18-10-4-6-16-7-5-10;/h2-3,8,10,16-17,19H,4-7H2,1H3,(H,18,20);1H2. The van der Waals surface area contributed by atoms with Crippen molar-refractivity contribution < 1.29 is 15.4 Å². The first-order chi connectivity index (χ1) is 9.65. The van der Waals surface area contributed by atoms with E-state index < -0.39 is 0 Å². The molecule has 0 atom stereocenters. The average molecular weight is 291 g/mol. The number of hydrogen-bond acceptors (Lipinski definition) is 3. The molecule has 3 rings (SSSR count). The highest BCUT2D eigenvalue weighted by Gasteiger charge is 2.20. The number of fused-ring (bicyclic) bond motifs is 1. The minimum Gasteiger partial charge on any atom is -0.508 e. The number of aromatic amines is 1. The van der Waals surface area contributed by atoms with Gasteiger partial charge in [-0.15, -0.1) is 0 Å². The number of phenols is 1. The van der Waals surface area contributed by atoms with E-state index in [0.29, 0.717) is 5.56 Å². The molecule has 6 nitrogen and oxygen atoms in total. The molecule has 2 heterocycles. The van der Waals surface area contributed by atoms with Crippen LogP contribution in [-0.4, -0.2) is 40.6 Å². The summed E-state index contributed by atoms with van der Waals surface area (Å²) in [7, 11) is 0. The molecule has 1 saturated heterocycles. The van der Waals surface area contributed by atoms with Crippen LogP contribution >= 0.6 is 0 Å². The van der Waals surface area contributed by atoms with E-state index in [1.54, 1.807) is 18.2 Å². The van der Waals surface area contributed by atoms with Gasteiger partial charge in [0.2, 0.25) is 0 Å². The minimum atomic E-state index is -0.0637. The Morgan fingerprint density at radius 3 is 2.76 bits per heavy atom. The molecule has 6 heteroatoms. The molecule has 1 amide bonds. The molecule has 1 aromatic heterocycles. The van der Waals surface area contributed by atoms with Crippen LogP contribution in [0.25, 0.3) is 10.9 Å². The van der Waals surface area contributed by atoms with Gasteiger partial charge in [0, 0.05) is 22.6 Å². The van der Waals surface area contributed by atoms with Crippen LogP contribution in [0.15, 0.2) is 18.2 Å². The van der Waals surface area contributed by atoms with Gasteiger partial charge in [0.15, 0.2) is 0 Å². The fourth-order valence-corrected chi connectivity index (χ4v) is 2.83. The number of H-pyrrole nitrogens is 1. The number of carbonyl (C=O) groups excluding carboxylic acids is 1. The number of carbonyl (C=O) groups is 1. The molecule has 1 fully saturated rings. The first-order valence-electron chi connectivity index (χ1n) is 6.98. The molecule has 114 valence electrons. The maximum absolute atomic E-state index is 12.5. The molecule has 0 aliphatic carbocycles. The fraction of sp³-hybridized carbons (Fsp3) is 0.400. The third-order valence-electron chi connectivity index (χ3n) is 3.87. The zero-order chi connectivity index (χ0) is 14.1. The van der Waals surface area contributed by atoms with Gasteiger partial charge >= 0.3 is 0 Å². The van der Waals surface area contributed by atoms with Crippen molar-refractivity contribution >= 4 is 16.8 Å². The van der Waals surface area contributed by atoms with Gasteiger partial charge in [-0.2, -0.15) is 0 Å². The topological polar surface area (TPSA) is 109 Å². The molecule has 0 radical (unpaired) electrons. The van der Waals surface area contributed by atoms with Crippen molar-refractivity contribution in [2.45, 2.75) is 25.8 Å². The Bertz CT molecular complexity index is 645. The van der Waals surface area contributed by atoms with Crippen LogP contribution in [0.3, 0.4) is 0 Å². The summed E-state index contributed by atoms with van der Waals surface area (Å²) in [6, 6.07) is 5.27. The Kier molecular flexibility index (Phi) is 4.50. The van der Waals surface area contributed by atoms with Crippen LogP contribution in [0.4, 0.5) is 0 Å². The molecule has 21 heavy (non-hydrogen) atoms. The van der Waals surface area contributed by atoms with Crippen molar-refractivity contribution in [2.75, 3.05) is 13.1 Å². The summed E-state index contributed by atoms with van der Waals surface area (Å²) in [4.78, 5) is 15.7. The highest BCUT2D eigenvalue weighted by Crippen LogP contribution is 2.26. The zero-order valence-corrected chi connectivity index (χ0v) is 12.0. The van der Waals surface area contributed by atoms with Gasteiger partial charge in [0.05, 0.1) is 5.56 Å². The lowest BCUT2D eigenvalue weighted by molar-refractivity contribution is 0.0930. The predicted octanol–water partition coefficient (Wildman–Crippen LogP) is 0.839. The van der Waals surface area contributed by atoms with Crippen LogP contribution in [0.1, 0.15) is 28.9 Å². The lowest BCUT2D eigenvalue weighted by atomic mass is 10.0. The molecule has 2 aromatic rings. The Hall–Kier alpha value is -2.05. The number of rotatable bonds is 2. The lowest BCUT2D eigenvalue weighted by Crippen LogP contribution is -2.42. The van der Waals surface area contributed by atoms with Gasteiger partial charge in [-0.3, -0.25) is 4.79 Å². The number of hydrogen-bond donors (Lipinski definition) is 4. The third-order valence-corrected chi connectivity index (χ3v) is 3.87. The van der Waals surface area contributed by atoms with E-state index >= 15 is 0 Å². The van der Waals surface area contributed by atoms with E-state index in [-0.39, 0.29) is 23.2 Å². The van der Waals surface area contributed by atoms with Gasteiger partial charge in [-0.1, -0.05) is 0 Å². The zero-order valence-electron chi connectivity index (χ0n) is 12.0. The average Bonchev–Trinajstić information content (AvgIpc) is 2.75. The van der Waals surface area contributed by atoms with Crippen molar-refractivity contribution in [3.05, 3.63) is 29.5 Å². The van der Waals surface area contributed by atoms with E-state index in [4.69, 9.17) is 0 Å². The number of aromatic hydroxyl groups is 1. The number of nitrogens with one attached hydrogen (secondary N) is 3. The molecule has 1 aromatic carbocycles. The van der Waals surface area contributed by atoms with Crippen molar-refractivity contribution in [1.82, 2.24) is 15.6 Å². The van der Waals surface area contributed by atoms with E-state index in [9.17, 15) is 9.90 Å². The highest BCUT2D eigenvalue weighted by molar-refractivity contribution is 6.08. The summed E-state index contributed by atoms with van der Waals surface area (Å²) in [5.41, 5.74) is 2.34. The molecule has 0 spiro atoms. The van der Waals surface area contributed by atoms with Crippen LogP contribution < -0.4 is 10.6 Å². The monoisotopic (exact) mass is 291 g/mol. The van der Waals surface area contributed by atoms with E-state index in [0.717, 1.165) is 42.5 Å².